The number of amides is 1. The Labute approximate surface area is 187 Å². The summed E-state index contributed by atoms with van der Waals surface area (Å²) in [5.74, 6) is -1.02. The number of hydrogen-bond donors (Lipinski definition) is 5. The van der Waals surface area contributed by atoms with Crippen molar-refractivity contribution in [3.8, 4) is 0 Å². The first-order valence-electron chi connectivity index (χ1n) is 11.0. The fourth-order valence-corrected chi connectivity index (χ4v) is 4.15. The minimum atomic E-state index is -0.570. The molecule has 1 aliphatic carbocycles. The fraction of sp³-hybridized carbons (Fsp3) is 0.320. The molecule has 0 radical (unpaired) electrons. The minimum absolute atomic E-state index is 0.447. The van der Waals surface area contributed by atoms with Gasteiger partial charge in [0.15, 0.2) is 0 Å². The predicted octanol–water partition coefficient (Wildman–Crippen LogP) is 4.75. The van der Waals surface area contributed by atoms with E-state index in [4.69, 9.17) is 21.9 Å². The van der Waals surface area contributed by atoms with Gasteiger partial charge in [-0.2, -0.15) is 0 Å². The highest BCUT2D eigenvalue weighted by molar-refractivity contribution is 6.13. The van der Waals surface area contributed by atoms with Gasteiger partial charge in [0, 0.05) is 51.4 Å². The van der Waals surface area contributed by atoms with Crippen LogP contribution in [0.4, 0.5) is 17.1 Å². The maximum absolute atomic E-state index is 12.0. The summed E-state index contributed by atoms with van der Waals surface area (Å²) in [6.45, 7) is 5.79. The molecule has 1 saturated carbocycles. The fourth-order valence-electron chi connectivity index (χ4n) is 4.15. The van der Waals surface area contributed by atoms with E-state index in [1.807, 2.05) is 13.0 Å². The van der Waals surface area contributed by atoms with Crippen LogP contribution in [0.25, 0.3) is 10.9 Å². The van der Waals surface area contributed by atoms with Crippen LogP contribution in [-0.2, 0) is 4.79 Å². The van der Waals surface area contributed by atoms with Crippen molar-refractivity contribution in [2.75, 3.05) is 11.1 Å². The Kier molecular flexibility index (Phi) is 5.74. The molecule has 7 nitrogen and oxygen atoms in total. The van der Waals surface area contributed by atoms with E-state index in [9.17, 15) is 4.79 Å². The Morgan fingerprint density at radius 1 is 1.31 bits per heavy atom. The number of benzene rings is 2. The molecule has 0 spiro atoms. The van der Waals surface area contributed by atoms with Crippen LogP contribution in [0, 0.1) is 12.3 Å². The summed E-state index contributed by atoms with van der Waals surface area (Å²) in [7, 11) is 0. The lowest BCUT2D eigenvalue weighted by Crippen LogP contribution is -2.27. The number of carbonyl (C=O) groups excluding carboxylic acids is 1. The molecule has 1 aliphatic rings. The number of aromatic nitrogens is 1. The molecule has 0 bridgehead atoms. The smallest absolute Gasteiger partial charge is 0.226 e. The monoisotopic (exact) mass is 430 g/mol. The molecule has 4 rings (SSSR count). The van der Waals surface area contributed by atoms with Gasteiger partial charge in [-0.05, 0) is 63.8 Å². The van der Waals surface area contributed by atoms with Crippen LogP contribution in [0.5, 0.6) is 0 Å². The zero-order valence-electron chi connectivity index (χ0n) is 18.8. The first-order valence-corrected chi connectivity index (χ1v) is 11.0. The molecule has 1 unspecified atom stereocenters. The molecule has 166 valence electrons. The Morgan fingerprint density at radius 3 is 2.69 bits per heavy atom. The molecule has 1 atom stereocenters. The summed E-state index contributed by atoms with van der Waals surface area (Å²) in [5.41, 5.74) is 18.9. The van der Waals surface area contributed by atoms with Crippen molar-refractivity contribution in [2.45, 2.75) is 52.0 Å². The molecule has 1 amide bonds. The van der Waals surface area contributed by atoms with E-state index in [1.165, 1.54) is 31.0 Å². The second-order valence-electron chi connectivity index (χ2n) is 8.67. The van der Waals surface area contributed by atoms with E-state index < -0.39 is 11.8 Å². The first kappa shape index (κ1) is 21.6. The molecule has 0 saturated heterocycles. The lowest BCUT2D eigenvalue weighted by Gasteiger charge is -2.28. The predicted molar refractivity (Wildman–Crippen MR) is 133 cm³/mol. The third kappa shape index (κ3) is 3.86. The standard InChI is InChI=1S/C25H30N6O/c1-13-7-8-17(21(11-13)30-16-5-4-6-16)15(3)29-24-22-18(12-26)19(27)9-10-20(22)31-23(24)14(2)25(28)32/h7-12,14,16,26,30-31H,4-6,27H2,1-3H3,(H2,28,32). The van der Waals surface area contributed by atoms with Gasteiger partial charge in [-0.3, -0.25) is 9.79 Å². The van der Waals surface area contributed by atoms with Crippen LogP contribution >= 0.6 is 0 Å². The third-order valence-electron chi connectivity index (χ3n) is 6.35. The van der Waals surface area contributed by atoms with Crippen molar-refractivity contribution in [3.63, 3.8) is 0 Å². The second-order valence-corrected chi connectivity index (χ2v) is 8.67. The summed E-state index contributed by atoms with van der Waals surface area (Å²) >= 11 is 0. The molecule has 0 aliphatic heterocycles. The van der Waals surface area contributed by atoms with Gasteiger partial charge in [-0.15, -0.1) is 0 Å². The molecule has 7 N–H and O–H groups in total. The Hall–Kier alpha value is -3.61. The summed E-state index contributed by atoms with van der Waals surface area (Å²) in [6, 6.07) is 10.4. The van der Waals surface area contributed by atoms with Gasteiger partial charge in [0.25, 0.3) is 0 Å². The highest BCUT2D eigenvalue weighted by Crippen LogP contribution is 2.39. The summed E-state index contributed by atoms with van der Waals surface area (Å²) < 4.78 is 0. The van der Waals surface area contributed by atoms with E-state index in [-0.39, 0.29) is 0 Å². The molecule has 2 aromatic carbocycles. The van der Waals surface area contributed by atoms with E-state index in [2.05, 4.69) is 35.4 Å². The van der Waals surface area contributed by atoms with Crippen molar-refractivity contribution in [1.82, 2.24) is 4.98 Å². The lowest BCUT2D eigenvalue weighted by atomic mass is 9.92. The number of nitrogens with one attached hydrogen (secondary N) is 3. The number of hydrogen-bond acceptors (Lipinski definition) is 5. The minimum Gasteiger partial charge on any atom is -0.398 e. The van der Waals surface area contributed by atoms with Gasteiger partial charge >= 0.3 is 0 Å². The van der Waals surface area contributed by atoms with Crippen molar-refractivity contribution < 1.29 is 4.79 Å². The number of aromatic amines is 1. The van der Waals surface area contributed by atoms with Gasteiger partial charge in [-0.1, -0.05) is 12.1 Å². The molecule has 3 aromatic rings. The summed E-state index contributed by atoms with van der Waals surface area (Å²) in [5, 5.41) is 12.3. The average molecular weight is 431 g/mol. The number of aliphatic imine (C=N–C) groups is 1. The second kappa shape index (κ2) is 8.49. The Balaban J connectivity index is 1.91. The maximum atomic E-state index is 12.0. The van der Waals surface area contributed by atoms with Crippen molar-refractivity contribution in [2.24, 2.45) is 10.7 Å². The number of fused-ring (bicyclic) bond motifs is 1. The highest BCUT2D eigenvalue weighted by atomic mass is 16.1. The largest absolute Gasteiger partial charge is 0.398 e. The number of carbonyl (C=O) groups is 1. The van der Waals surface area contributed by atoms with Crippen LogP contribution in [0.3, 0.4) is 0 Å². The molecular formula is C25H30N6O. The number of H-pyrrole nitrogens is 1. The van der Waals surface area contributed by atoms with Gasteiger partial charge in [0.1, 0.15) is 0 Å². The van der Waals surface area contributed by atoms with Crippen LogP contribution in [0.15, 0.2) is 35.3 Å². The first-order chi connectivity index (χ1) is 15.3. The number of aryl methyl sites for hydroxylation is 1. The van der Waals surface area contributed by atoms with Crippen molar-refractivity contribution in [3.05, 3.63) is 52.7 Å². The number of nitrogens with two attached hydrogens (primary N) is 2. The van der Waals surface area contributed by atoms with Crippen LogP contribution in [0.2, 0.25) is 0 Å². The number of nitrogen functional groups attached to an aromatic ring is 1. The number of anilines is 2. The maximum Gasteiger partial charge on any atom is 0.226 e. The number of primary amides is 1. The molecule has 1 heterocycles. The van der Waals surface area contributed by atoms with E-state index >= 15 is 0 Å². The molecule has 32 heavy (non-hydrogen) atoms. The lowest BCUT2D eigenvalue weighted by molar-refractivity contribution is -0.119. The SMILES string of the molecule is CC(=Nc1c(C(C)C(N)=O)[nH]c2ccc(N)c(C=N)c12)c1ccc(C)cc1NC1CCC1. The number of nitrogens with zero attached hydrogens (tertiary/aromatic N) is 1. The normalized spacial score (nSPS) is 15.4. The van der Waals surface area contributed by atoms with Crippen molar-refractivity contribution in [1.29, 1.82) is 5.41 Å². The van der Waals surface area contributed by atoms with E-state index in [0.717, 1.165) is 27.9 Å². The Bertz CT molecular complexity index is 1230. The molecule has 7 heteroatoms. The van der Waals surface area contributed by atoms with Gasteiger partial charge < -0.3 is 27.2 Å². The Morgan fingerprint density at radius 2 is 2.06 bits per heavy atom. The third-order valence-corrected chi connectivity index (χ3v) is 6.35. The highest BCUT2D eigenvalue weighted by Gasteiger charge is 2.24. The molecular weight excluding hydrogens is 400 g/mol. The van der Waals surface area contributed by atoms with Gasteiger partial charge in [0.05, 0.1) is 17.3 Å². The van der Waals surface area contributed by atoms with Crippen LogP contribution < -0.4 is 16.8 Å². The topological polar surface area (TPSA) is 133 Å². The van der Waals surface area contributed by atoms with Gasteiger partial charge in [0.2, 0.25) is 5.91 Å². The van der Waals surface area contributed by atoms with Gasteiger partial charge in [-0.25, -0.2) is 0 Å². The summed E-state index contributed by atoms with van der Waals surface area (Å²) in [6.07, 6.45) is 4.83. The molecule has 1 fully saturated rings. The molecule has 1 aromatic heterocycles. The van der Waals surface area contributed by atoms with Crippen molar-refractivity contribution >= 4 is 45.8 Å². The summed E-state index contributed by atoms with van der Waals surface area (Å²) in [4.78, 5) is 20.3. The average Bonchev–Trinajstić information content (AvgIpc) is 3.08. The van der Waals surface area contributed by atoms with E-state index in [0.29, 0.717) is 28.7 Å². The van der Waals surface area contributed by atoms with Crippen LogP contribution in [0.1, 0.15) is 61.4 Å². The van der Waals surface area contributed by atoms with Crippen LogP contribution in [-0.4, -0.2) is 28.9 Å². The van der Waals surface area contributed by atoms with E-state index in [1.54, 1.807) is 13.0 Å². The zero-order valence-corrected chi connectivity index (χ0v) is 18.8. The zero-order chi connectivity index (χ0) is 23.0. The number of rotatable bonds is 7. The quantitative estimate of drug-likeness (QED) is 0.273.